The predicted octanol–water partition coefficient (Wildman–Crippen LogP) is 2.91. The Morgan fingerprint density at radius 1 is 0.750 bits per heavy atom. The first kappa shape index (κ1) is 12.2. The van der Waals surface area contributed by atoms with Crippen LogP contribution in [0, 0.1) is 0 Å². The first-order valence-corrected chi connectivity index (χ1v) is 6.14. The van der Waals surface area contributed by atoms with Crippen molar-refractivity contribution in [3.8, 4) is 11.5 Å². The summed E-state index contributed by atoms with van der Waals surface area (Å²) < 4.78 is 5.74. The summed E-state index contributed by atoms with van der Waals surface area (Å²) in [5, 5.41) is 0. The molecule has 2 amide bonds. The van der Waals surface area contributed by atoms with Crippen molar-refractivity contribution in [1.82, 2.24) is 0 Å². The van der Waals surface area contributed by atoms with Crippen LogP contribution in [0.1, 0.15) is 0 Å². The standard InChI is InChI=1S/C16H11NO3/c18-15-10-11-16(19)17(15)13-8-4-5-9-14(13)20-12-6-2-1-3-7-12/h1-11H. The topological polar surface area (TPSA) is 46.6 Å². The number of carbonyl (C=O) groups excluding carboxylic acids is 2. The second-order valence-electron chi connectivity index (χ2n) is 4.23. The smallest absolute Gasteiger partial charge is 0.258 e. The molecule has 98 valence electrons. The van der Waals surface area contributed by atoms with Crippen molar-refractivity contribution in [2.75, 3.05) is 4.90 Å². The zero-order valence-corrected chi connectivity index (χ0v) is 10.5. The number of carbonyl (C=O) groups is 2. The Bertz CT molecular complexity index is 674. The zero-order valence-electron chi connectivity index (χ0n) is 10.5. The first-order chi connectivity index (χ1) is 9.75. The molecule has 2 aromatic rings. The highest BCUT2D eigenvalue weighted by Gasteiger charge is 2.27. The van der Waals surface area contributed by atoms with Gasteiger partial charge in [-0.2, -0.15) is 0 Å². The van der Waals surface area contributed by atoms with Crippen LogP contribution in [0.15, 0.2) is 66.7 Å². The lowest BCUT2D eigenvalue weighted by molar-refractivity contribution is -0.120. The number of imide groups is 1. The van der Waals surface area contributed by atoms with E-state index in [0.29, 0.717) is 17.2 Å². The second kappa shape index (κ2) is 5.01. The van der Waals surface area contributed by atoms with Gasteiger partial charge in [0.1, 0.15) is 5.75 Å². The molecule has 1 aliphatic rings. The second-order valence-corrected chi connectivity index (χ2v) is 4.23. The number of para-hydroxylation sites is 3. The molecular formula is C16H11NO3. The molecule has 0 bridgehead atoms. The minimum absolute atomic E-state index is 0.362. The number of nitrogens with zero attached hydrogens (tertiary/aromatic N) is 1. The highest BCUT2D eigenvalue weighted by Crippen LogP contribution is 2.33. The molecule has 1 heterocycles. The van der Waals surface area contributed by atoms with Gasteiger partial charge in [0.15, 0.2) is 5.75 Å². The van der Waals surface area contributed by atoms with E-state index in [1.807, 2.05) is 30.3 Å². The molecule has 0 N–H and O–H groups in total. The minimum atomic E-state index is -0.362. The van der Waals surface area contributed by atoms with Crippen LogP contribution in [0.5, 0.6) is 11.5 Å². The van der Waals surface area contributed by atoms with E-state index in [0.717, 1.165) is 4.90 Å². The van der Waals surface area contributed by atoms with Crippen LogP contribution in [-0.4, -0.2) is 11.8 Å². The lowest BCUT2D eigenvalue weighted by Crippen LogP contribution is -2.29. The van der Waals surface area contributed by atoms with Crippen molar-refractivity contribution >= 4 is 17.5 Å². The van der Waals surface area contributed by atoms with Crippen LogP contribution in [-0.2, 0) is 9.59 Å². The van der Waals surface area contributed by atoms with E-state index >= 15 is 0 Å². The molecule has 4 heteroatoms. The third-order valence-corrected chi connectivity index (χ3v) is 2.89. The molecule has 4 nitrogen and oxygen atoms in total. The molecule has 2 aromatic carbocycles. The Morgan fingerprint density at radius 3 is 2.05 bits per heavy atom. The molecule has 3 rings (SSSR count). The van der Waals surface area contributed by atoms with Crippen molar-refractivity contribution in [2.45, 2.75) is 0 Å². The molecule has 1 aliphatic heterocycles. The predicted molar refractivity (Wildman–Crippen MR) is 74.6 cm³/mol. The molecule has 0 fully saturated rings. The molecule has 0 unspecified atom stereocenters. The van der Waals surface area contributed by atoms with Gasteiger partial charge in [-0.25, -0.2) is 4.90 Å². The summed E-state index contributed by atoms with van der Waals surface area (Å²) in [5.74, 6) is 0.384. The monoisotopic (exact) mass is 265 g/mol. The largest absolute Gasteiger partial charge is 0.455 e. The van der Waals surface area contributed by atoms with Gasteiger partial charge in [0.05, 0.1) is 5.69 Å². The fourth-order valence-corrected chi connectivity index (χ4v) is 1.98. The fourth-order valence-electron chi connectivity index (χ4n) is 1.98. The van der Waals surface area contributed by atoms with Gasteiger partial charge in [-0.05, 0) is 24.3 Å². The van der Waals surface area contributed by atoms with Gasteiger partial charge in [-0.3, -0.25) is 9.59 Å². The van der Waals surface area contributed by atoms with E-state index in [4.69, 9.17) is 4.74 Å². The summed E-state index contributed by atoms with van der Waals surface area (Å²) in [6.45, 7) is 0. The molecule has 0 saturated carbocycles. The Labute approximate surface area is 115 Å². The highest BCUT2D eigenvalue weighted by atomic mass is 16.5. The molecule has 20 heavy (non-hydrogen) atoms. The van der Waals surface area contributed by atoms with E-state index in [1.54, 1.807) is 24.3 Å². The first-order valence-electron chi connectivity index (χ1n) is 6.14. The highest BCUT2D eigenvalue weighted by molar-refractivity contribution is 6.28. The average molecular weight is 265 g/mol. The van der Waals surface area contributed by atoms with Crippen molar-refractivity contribution in [3.05, 3.63) is 66.7 Å². The maximum absolute atomic E-state index is 11.8. The van der Waals surface area contributed by atoms with E-state index in [9.17, 15) is 9.59 Å². The van der Waals surface area contributed by atoms with Gasteiger partial charge in [0, 0.05) is 12.2 Å². The quantitative estimate of drug-likeness (QED) is 0.802. The molecule has 0 saturated heterocycles. The van der Waals surface area contributed by atoms with Crippen molar-refractivity contribution in [1.29, 1.82) is 0 Å². The van der Waals surface area contributed by atoms with E-state index < -0.39 is 0 Å². The third kappa shape index (κ3) is 2.19. The van der Waals surface area contributed by atoms with Crippen LogP contribution in [0.4, 0.5) is 5.69 Å². The number of amides is 2. The third-order valence-electron chi connectivity index (χ3n) is 2.89. The Kier molecular flexibility index (Phi) is 3.05. The summed E-state index contributed by atoms with van der Waals surface area (Å²) in [6, 6.07) is 16.2. The van der Waals surface area contributed by atoms with Crippen LogP contribution < -0.4 is 9.64 Å². The van der Waals surface area contributed by atoms with Crippen molar-refractivity contribution in [3.63, 3.8) is 0 Å². The molecule has 0 spiro atoms. The lowest BCUT2D eigenvalue weighted by Gasteiger charge is -2.18. The Balaban J connectivity index is 1.97. The van der Waals surface area contributed by atoms with Crippen molar-refractivity contribution in [2.24, 2.45) is 0 Å². The summed E-state index contributed by atoms with van der Waals surface area (Å²) >= 11 is 0. The number of ether oxygens (including phenoxy) is 1. The van der Waals surface area contributed by atoms with E-state index in [1.165, 1.54) is 12.2 Å². The maximum Gasteiger partial charge on any atom is 0.258 e. The average Bonchev–Trinajstić information content (AvgIpc) is 2.80. The molecular weight excluding hydrogens is 254 g/mol. The van der Waals surface area contributed by atoms with Gasteiger partial charge in [-0.15, -0.1) is 0 Å². The summed E-state index contributed by atoms with van der Waals surface area (Å²) in [4.78, 5) is 24.6. The maximum atomic E-state index is 11.8. The lowest BCUT2D eigenvalue weighted by atomic mass is 10.2. The number of anilines is 1. The van der Waals surface area contributed by atoms with E-state index in [-0.39, 0.29) is 11.8 Å². The van der Waals surface area contributed by atoms with Crippen LogP contribution >= 0.6 is 0 Å². The van der Waals surface area contributed by atoms with Gasteiger partial charge in [0.2, 0.25) is 0 Å². The molecule has 0 atom stereocenters. The van der Waals surface area contributed by atoms with Crippen molar-refractivity contribution < 1.29 is 14.3 Å². The Morgan fingerprint density at radius 2 is 1.35 bits per heavy atom. The van der Waals surface area contributed by atoms with Gasteiger partial charge < -0.3 is 4.74 Å². The number of hydrogen-bond acceptors (Lipinski definition) is 3. The zero-order chi connectivity index (χ0) is 13.9. The van der Waals surface area contributed by atoms with Gasteiger partial charge in [0.25, 0.3) is 11.8 Å². The van der Waals surface area contributed by atoms with E-state index in [2.05, 4.69) is 0 Å². The summed E-state index contributed by atoms with van der Waals surface area (Å²) in [7, 11) is 0. The SMILES string of the molecule is O=C1C=CC(=O)N1c1ccccc1Oc1ccccc1. The fraction of sp³-hybridized carbons (Fsp3) is 0. The number of rotatable bonds is 3. The van der Waals surface area contributed by atoms with Crippen LogP contribution in [0.3, 0.4) is 0 Å². The number of benzene rings is 2. The minimum Gasteiger partial charge on any atom is -0.455 e. The molecule has 0 aliphatic carbocycles. The summed E-state index contributed by atoms with van der Waals surface area (Å²) in [6.07, 6.45) is 2.50. The molecule has 0 radical (unpaired) electrons. The summed E-state index contributed by atoms with van der Waals surface area (Å²) in [5.41, 5.74) is 0.441. The van der Waals surface area contributed by atoms with Crippen LogP contribution in [0.25, 0.3) is 0 Å². The van der Waals surface area contributed by atoms with Gasteiger partial charge >= 0.3 is 0 Å². The van der Waals surface area contributed by atoms with Gasteiger partial charge in [-0.1, -0.05) is 30.3 Å². The number of hydrogen-bond donors (Lipinski definition) is 0. The van der Waals surface area contributed by atoms with Crippen LogP contribution in [0.2, 0.25) is 0 Å². The Hall–Kier alpha value is -2.88. The normalized spacial score (nSPS) is 13.9. The molecule has 0 aromatic heterocycles.